The Hall–Kier alpha value is -6.36. The summed E-state index contributed by atoms with van der Waals surface area (Å²) in [6, 6.07) is 8.51. The molecule has 2 saturated heterocycles. The van der Waals surface area contributed by atoms with Crippen molar-refractivity contribution >= 4 is 116 Å². The number of aliphatic hydroxyl groups excluding tert-OH is 4. The summed E-state index contributed by atoms with van der Waals surface area (Å²) in [6.07, 6.45) is -2.42. The molecule has 4 amide bonds. The van der Waals surface area contributed by atoms with Crippen LogP contribution in [-0.2, 0) is 114 Å². The van der Waals surface area contributed by atoms with Crippen molar-refractivity contribution in [2.45, 2.75) is 205 Å². The summed E-state index contributed by atoms with van der Waals surface area (Å²) in [5, 5.41) is 53.6. The maximum Gasteiger partial charge on any atom is 0.481 e. The maximum atomic E-state index is 13.0. The molecule has 0 bridgehead atoms. The van der Waals surface area contributed by atoms with E-state index in [0.717, 1.165) is 111 Å². The number of rotatable bonds is 52. The summed E-state index contributed by atoms with van der Waals surface area (Å²) in [7, 11) is -33.2. The quantitative estimate of drug-likeness (QED) is 0.0196. The van der Waals surface area contributed by atoms with E-state index in [1.54, 1.807) is 0 Å². The minimum atomic E-state index is -5.64. The van der Waals surface area contributed by atoms with Gasteiger partial charge in [0.05, 0.1) is 39.1 Å². The molecule has 1 aromatic carbocycles. The van der Waals surface area contributed by atoms with Gasteiger partial charge in [0.15, 0.2) is 35.4 Å². The first-order valence-corrected chi connectivity index (χ1v) is 46.9. The van der Waals surface area contributed by atoms with Crippen LogP contribution in [0.5, 0.6) is 0 Å². The molecule has 670 valence electrons. The van der Waals surface area contributed by atoms with Gasteiger partial charge < -0.3 is 102 Å². The second kappa shape index (κ2) is 40.7. The highest BCUT2D eigenvalue weighted by Gasteiger charge is 2.53. The number of anilines is 2. The average Bonchev–Trinajstić information content (AvgIpc) is 1.28. The molecule has 4 aliphatic rings. The molecule has 9 rings (SSSR count). The lowest BCUT2D eigenvalue weighted by Crippen LogP contribution is -2.46. The zero-order valence-corrected chi connectivity index (χ0v) is 70.9. The van der Waals surface area contributed by atoms with Crippen molar-refractivity contribution in [3.8, 4) is 0 Å². The van der Waals surface area contributed by atoms with Crippen LogP contribution < -0.4 is 32.7 Å². The van der Waals surface area contributed by atoms with Crippen LogP contribution in [-0.4, -0.2) is 235 Å². The number of aryl methyl sites for hydroxylation is 2. The number of Topliss-reactive ketones (excluding diaryl/α,β-unsaturated/α-hetero) is 2. The number of unbranched alkanes of at least 4 members (excludes halogenated alkanes) is 2. The third kappa shape index (κ3) is 28.9. The Morgan fingerprint density at radius 1 is 0.508 bits per heavy atom. The van der Waals surface area contributed by atoms with E-state index in [1.807, 2.05) is 0 Å². The number of nitrogen functional groups attached to an aromatic ring is 2. The second-order valence-electron chi connectivity index (χ2n) is 31.3. The lowest BCUT2D eigenvalue weighted by atomic mass is 9.87. The molecule has 5 aromatic rings. The number of imidazole rings is 2. The third-order valence-corrected chi connectivity index (χ3v) is 26.7. The monoisotopic (exact) mass is 1820 g/mol. The van der Waals surface area contributed by atoms with Gasteiger partial charge in [-0.2, -0.15) is 8.62 Å². The normalized spacial score (nSPS) is 22.9. The van der Waals surface area contributed by atoms with E-state index in [1.165, 1.54) is 38.8 Å². The third-order valence-electron chi connectivity index (χ3n) is 20.5. The highest BCUT2D eigenvalue weighted by atomic mass is 31.3. The highest BCUT2D eigenvalue weighted by molar-refractivity contribution is 7.61. The van der Waals surface area contributed by atoms with Gasteiger partial charge in [0.1, 0.15) is 84.1 Å². The minimum absolute atomic E-state index is 0.00676. The van der Waals surface area contributed by atoms with Gasteiger partial charge in [-0.15, -0.1) is 0 Å². The SMILES string of the molecule is CC(C)(COP(=O)(O)OP(=O)(O)OCC1OC(n2cnc3c(N)ncnc32)C(O)C1OP(=O)(O)O)C(O)C(=O)NCCC(=O)NCCC(=O)CC1(CCCCc2ccc(CCCCC3(CC(=O)CCNC(=O)CCNC(=O)C(O)C(C)(C)COP(=O)(O)OP(=O)(O)OCC4OC(n5cnc6c(N)ncnc65)C(O)C4OP(=O)(O)O)CC3)cc2)CC1. The van der Waals surface area contributed by atoms with Crippen molar-refractivity contribution in [3.63, 3.8) is 0 Å². The lowest BCUT2D eigenvalue weighted by molar-refractivity contribution is -0.137. The molecule has 4 aromatic heterocycles. The van der Waals surface area contributed by atoms with Gasteiger partial charge in [0.25, 0.3) is 0 Å². The topological polar surface area (TPSA) is 727 Å². The molecule has 54 heteroatoms. The summed E-state index contributed by atoms with van der Waals surface area (Å²) in [5.41, 5.74) is 10.7. The van der Waals surface area contributed by atoms with Crippen LogP contribution in [0.15, 0.2) is 49.6 Å². The van der Waals surface area contributed by atoms with E-state index >= 15 is 0 Å². The predicted octanol–water partition coefficient (Wildman–Crippen LogP) is 2.21. The van der Waals surface area contributed by atoms with Crippen molar-refractivity contribution in [3.05, 3.63) is 60.7 Å². The number of hydrogen-bond donors (Lipinski definition) is 18. The molecule has 120 heavy (non-hydrogen) atoms. The van der Waals surface area contributed by atoms with E-state index in [4.69, 9.17) is 39.0 Å². The fraction of sp³-hybridized carbons (Fsp3) is 0.667. The van der Waals surface area contributed by atoms with Crippen LogP contribution >= 0.6 is 46.9 Å². The van der Waals surface area contributed by atoms with Gasteiger partial charge in [0.2, 0.25) is 23.6 Å². The Kier molecular flexibility index (Phi) is 33.1. The van der Waals surface area contributed by atoms with Gasteiger partial charge in [-0.25, -0.2) is 57.3 Å². The van der Waals surface area contributed by atoms with Crippen LogP contribution in [0.3, 0.4) is 0 Å². The Labute approximate surface area is 685 Å². The Bertz CT molecular complexity index is 4450. The number of ether oxygens (including phenoxy) is 2. The van der Waals surface area contributed by atoms with E-state index < -0.39 is 169 Å². The summed E-state index contributed by atoms with van der Waals surface area (Å²) in [6.45, 7) is 0.376. The largest absolute Gasteiger partial charge is 0.481 e. The molecule has 48 nitrogen and oxygen atoms in total. The number of aromatic nitrogens is 8. The Balaban J connectivity index is 0.568. The number of phosphoric ester groups is 6. The van der Waals surface area contributed by atoms with Crippen molar-refractivity contribution in [2.75, 3.05) is 64.1 Å². The summed E-state index contributed by atoms with van der Waals surface area (Å²) >= 11 is 0. The molecule has 0 spiro atoms. The van der Waals surface area contributed by atoms with Crippen LogP contribution in [0.1, 0.15) is 154 Å². The number of nitrogens with zero attached hydrogens (tertiary/aromatic N) is 8. The molecule has 2 saturated carbocycles. The Morgan fingerprint density at radius 2 is 0.850 bits per heavy atom. The van der Waals surface area contributed by atoms with Gasteiger partial charge in [0, 0.05) is 75.5 Å². The van der Waals surface area contributed by atoms with Crippen molar-refractivity contribution in [2.24, 2.45) is 21.7 Å². The number of hydrogen-bond acceptors (Lipinski definition) is 34. The number of phosphoric acid groups is 6. The molecule has 4 fully saturated rings. The first-order chi connectivity index (χ1) is 56.0. The number of nitrogens with two attached hydrogens (primary N) is 2. The number of fused-ring (bicyclic) bond motifs is 2. The molecule has 0 radical (unpaired) electrons. The molecule has 2 aliphatic carbocycles. The van der Waals surface area contributed by atoms with Gasteiger partial charge >= 0.3 is 46.9 Å². The number of aliphatic hydroxyl groups is 4. The van der Waals surface area contributed by atoms with Crippen molar-refractivity contribution in [1.29, 1.82) is 0 Å². The number of amides is 4. The molecule has 14 unspecified atom stereocenters. The van der Waals surface area contributed by atoms with Gasteiger partial charge in [-0.1, -0.05) is 64.8 Å². The zero-order valence-electron chi connectivity index (χ0n) is 65.5. The number of ketones is 2. The predicted molar refractivity (Wildman–Crippen MR) is 413 cm³/mol. The average molecular weight is 1820 g/mol. The molecular weight excluding hydrogens is 1720 g/mol. The highest BCUT2D eigenvalue weighted by Crippen LogP contribution is 2.63. The van der Waals surface area contributed by atoms with Crippen molar-refractivity contribution in [1.82, 2.24) is 60.3 Å². The van der Waals surface area contributed by atoms with Gasteiger partial charge in [-0.05, 0) is 86.2 Å². The number of nitrogens with one attached hydrogen (secondary N) is 4. The molecule has 6 heterocycles. The number of carbonyl (C=O) groups excluding carboxylic acids is 6. The lowest BCUT2D eigenvalue weighted by Gasteiger charge is -2.30. The van der Waals surface area contributed by atoms with E-state index in [9.17, 15) is 116 Å². The zero-order chi connectivity index (χ0) is 88.2. The number of benzene rings is 1. The van der Waals surface area contributed by atoms with E-state index in [-0.39, 0.29) is 108 Å². The van der Waals surface area contributed by atoms with Crippen LogP contribution in [0.4, 0.5) is 11.6 Å². The van der Waals surface area contributed by atoms with Crippen LogP contribution in [0, 0.1) is 21.7 Å². The molecular formula is C66H102N14O34P6. The standard InChI is InChI=1S/C66H102N14O34P6/c1-63(2,33-107-119(101,102)113-117(97,98)105-31-43-51(111-115(91,92)93)49(85)61(109-43)79-37-77-47-55(67)73-35-75-57(47)79)53(87)59(89)71-27-17-45(83)69-25-15-41(81)29-65(21-22-65)19-7-5-9-39-11-13-40(14-12-39)10-6-8-20-66(23-24-66)30-42(82)16-26-70-46(84)18-28-72-60(90)54(88)64(3,4)34-108-120(103,104)114-118(99,100)106-32-44-52(112-116(94,95)96)50(86)62(110-44)80-38-78-48-56(68)74-36-76-58(48)80/h11-14,35-38,43-44,49-54,61-62,85-88H,5-10,15-34H2,1-4H3,(H,69,83)(H,70,84)(H,71,89)(H,72,90)(H,97,98)(H,99,100)(H,101,102)(H,103,104)(H2,67,73,75)(H2,68,74,76)(H2,91,92,93)(H2,94,95,96). The molecule has 14 atom stereocenters. The number of carbonyl (C=O) groups is 6. The van der Waals surface area contributed by atoms with Crippen LogP contribution in [0.25, 0.3) is 22.3 Å². The summed E-state index contributed by atoms with van der Waals surface area (Å²) in [4.78, 5) is 180. The first kappa shape index (κ1) is 97.4. The maximum absolute atomic E-state index is 13.0. The van der Waals surface area contributed by atoms with Gasteiger partial charge in [-0.3, -0.25) is 65.0 Å². The first-order valence-electron chi connectivity index (χ1n) is 37.9. The molecule has 20 N–H and O–H groups in total. The second-order valence-corrected chi connectivity index (χ2v) is 39.8. The van der Waals surface area contributed by atoms with E-state index in [0.29, 0.717) is 12.8 Å². The minimum Gasteiger partial charge on any atom is -0.386 e. The molecule has 2 aliphatic heterocycles. The Morgan fingerprint density at radius 3 is 1.19 bits per heavy atom. The summed E-state index contributed by atoms with van der Waals surface area (Å²) in [5.74, 6) is -3.13. The fourth-order valence-corrected chi connectivity index (χ4v) is 19.1. The van der Waals surface area contributed by atoms with E-state index in [2.05, 4.69) is 93.1 Å². The fourth-order valence-electron chi connectivity index (χ4n) is 13.5. The summed E-state index contributed by atoms with van der Waals surface area (Å²) < 4.78 is 126. The smallest absolute Gasteiger partial charge is 0.386 e. The van der Waals surface area contributed by atoms with Crippen LogP contribution in [0.2, 0.25) is 0 Å². The van der Waals surface area contributed by atoms with Crippen molar-refractivity contribution < 1.29 is 161 Å².